The van der Waals surface area contributed by atoms with Crippen molar-refractivity contribution in [2.75, 3.05) is 18.0 Å². The summed E-state index contributed by atoms with van der Waals surface area (Å²) >= 11 is 10.2. The molecule has 1 fully saturated rings. The summed E-state index contributed by atoms with van der Waals surface area (Å²) in [6.07, 6.45) is 4.09. The Hall–Kier alpha value is -1.69. The molecule has 3 heterocycles. The van der Waals surface area contributed by atoms with Crippen LogP contribution < -0.4 is 4.90 Å². The number of hydrogen-bond acceptors (Lipinski definition) is 4. The van der Waals surface area contributed by atoms with E-state index in [4.69, 9.17) is 16.3 Å². The van der Waals surface area contributed by atoms with Crippen molar-refractivity contribution in [3.63, 3.8) is 0 Å². The van der Waals surface area contributed by atoms with Gasteiger partial charge in [0.2, 0.25) is 0 Å². The molecule has 4 nitrogen and oxygen atoms in total. The Labute approximate surface area is 166 Å². The molecule has 26 heavy (non-hydrogen) atoms. The average Bonchev–Trinajstić information content (AvgIpc) is 2.62. The fourth-order valence-electron chi connectivity index (χ4n) is 3.45. The second-order valence-electron chi connectivity index (χ2n) is 6.69. The number of pyridine rings is 2. The van der Waals surface area contributed by atoms with Gasteiger partial charge >= 0.3 is 0 Å². The molecule has 1 aliphatic heterocycles. The number of hydrogen-bond donors (Lipinski definition) is 0. The number of anilines is 1. The topological polar surface area (TPSA) is 38.2 Å². The molecule has 0 spiro atoms. The Morgan fingerprint density at radius 3 is 2.54 bits per heavy atom. The van der Waals surface area contributed by atoms with E-state index in [1.54, 1.807) is 0 Å². The van der Waals surface area contributed by atoms with Crippen molar-refractivity contribution in [3.05, 3.63) is 52.2 Å². The normalized spacial score (nSPS) is 20.5. The summed E-state index contributed by atoms with van der Waals surface area (Å²) in [4.78, 5) is 11.5. The van der Waals surface area contributed by atoms with Gasteiger partial charge in [-0.15, -0.1) is 0 Å². The van der Waals surface area contributed by atoms with Gasteiger partial charge in [-0.25, -0.2) is 4.98 Å². The zero-order valence-corrected chi connectivity index (χ0v) is 17.0. The molecule has 1 aromatic carbocycles. The van der Waals surface area contributed by atoms with Crippen LogP contribution in [-0.4, -0.2) is 35.3 Å². The van der Waals surface area contributed by atoms with Gasteiger partial charge in [0.05, 0.1) is 22.7 Å². The van der Waals surface area contributed by atoms with Crippen LogP contribution in [0.15, 0.2) is 47.2 Å². The van der Waals surface area contributed by atoms with E-state index in [1.807, 2.05) is 36.7 Å². The summed E-state index contributed by atoms with van der Waals surface area (Å²) in [5, 5.41) is 1.62. The maximum absolute atomic E-state index is 6.66. The van der Waals surface area contributed by atoms with Crippen LogP contribution in [-0.2, 0) is 4.74 Å². The Balaban J connectivity index is 1.67. The first-order chi connectivity index (χ1) is 12.5. The standard InChI is InChI=1S/C20H19BrClN3O/c1-12-10-25(11-13(2)26-12)18-7-6-14(8-23-18)16-9-24-20-15(19(16)22)4-3-5-17(20)21/h3-9,12-13H,10-11H2,1-2H3/t12-,13+. The van der Waals surface area contributed by atoms with Gasteiger partial charge in [0, 0.05) is 46.5 Å². The molecular weight excluding hydrogens is 414 g/mol. The molecule has 0 unspecified atom stereocenters. The highest BCUT2D eigenvalue weighted by Crippen LogP contribution is 2.35. The second-order valence-corrected chi connectivity index (χ2v) is 7.92. The van der Waals surface area contributed by atoms with Crippen LogP contribution in [0.5, 0.6) is 0 Å². The molecule has 6 heteroatoms. The molecule has 0 saturated carbocycles. The third kappa shape index (κ3) is 3.31. The number of nitrogens with zero attached hydrogens (tertiary/aromatic N) is 3. The van der Waals surface area contributed by atoms with Gasteiger partial charge in [-0.2, -0.15) is 0 Å². The van der Waals surface area contributed by atoms with Crippen LogP contribution in [0.4, 0.5) is 5.82 Å². The van der Waals surface area contributed by atoms with Crippen molar-refractivity contribution in [1.82, 2.24) is 9.97 Å². The fraction of sp³-hybridized carbons (Fsp3) is 0.300. The first kappa shape index (κ1) is 17.7. The van der Waals surface area contributed by atoms with Crippen molar-refractivity contribution >= 4 is 44.3 Å². The number of fused-ring (bicyclic) bond motifs is 1. The number of rotatable bonds is 2. The number of ether oxygens (including phenoxy) is 1. The monoisotopic (exact) mass is 431 g/mol. The molecule has 0 N–H and O–H groups in total. The van der Waals surface area contributed by atoms with Crippen molar-refractivity contribution in [1.29, 1.82) is 0 Å². The highest BCUT2D eigenvalue weighted by Gasteiger charge is 2.23. The predicted molar refractivity (Wildman–Crippen MR) is 110 cm³/mol. The van der Waals surface area contributed by atoms with Gasteiger partial charge in [-0.05, 0) is 48.0 Å². The average molecular weight is 433 g/mol. The highest BCUT2D eigenvalue weighted by atomic mass is 79.9. The van der Waals surface area contributed by atoms with E-state index in [2.05, 4.69) is 50.7 Å². The predicted octanol–water partition coefficient (Wildman–Crippen LogP) is 5.33. The minimum absolute atomic E-state index is 0.206. The summed E-state index contributed by atoms with van der Waals surface area (Å²) in [5.74, 6) is 0.961. The summed E-state index contributed by atoms with van der Waals surface area (Å²) in [5.41, 5.74) is 2.71. The summed E-state index contributed by atoms with van der Waals surface area (Å²) in [6, 6.07) is 10.0. The third-order valence-corrected chi connectivity index (χ3v) is 5.63. The molecule has 3 aromatic rings. The molecule has 2 atom stereocenters. The SMILES string of the molecule is C[C@@H]1CN(c2ccc(-c3cnc4c(Br)cccc4c3Cl)cn2)C[C@H](C)O1. The molecule has 2 aromatic heterocycles. The number of halogens is 2. The van der Waals surface area contributed by atoms with Crippen LogP contribution in [0.25, 0.3) is 22.0 Å². The first-order valence-corrected chi connectivity index (χ1v) is 9.79. The Morgan fingerprint density at radius 2 is 1.85 bits per heavy atom. The van der Waals surface area contributed by atoms with Gasteiger partial charge in [0.15, 0.2) is 0 Å². The Kier molecular flexibility index (Phi) is 4.86. The van der Waals surface area contributed by atoms with E-state index >= 15 is 0 Å². The number of para-hydroxylation sites is 1. The molecule has 1 aliphatic rings. The minimum Gasteiger partial charge on any atom is -0.372 e. The van der Waals surface area contributed by atoms with Crippen molar-refractivity contribution in [2.24, 2.45) is 0 Å². The maximum atomic E-state index is 6.66. The van der Waals surface area contributed by atoms with Crippen molar-refractivity contribution < 1.29 is 4.74 Å². The Morgan fingerprint density at radius 1 is 1.08 bits per heavy atom. The van der Waals surface area contributed by atoms with Crippen molar-refractivity contribution in [2.45, 2.75) is 26.1 Å². The molecule has 1 saturated heterocycles. The van der Waals surface area contributed by atoms with Gasteiger partial charge in [0.1, 0.15) is 5.82 Å². The lowest BCUT2D eigenvalue weighted by Crippen LogP contribution is -2.45. The van der Waals surface area contributed by atoms with E-state index in [0.717, 1.165) is 45.4 Å². The van der Waals surface area contributed by atoms with Crippen LogP contribution in [0.2, 0.25) is 5.02 Å². The fourth-order valence-corrected chi connectivity index (χ4v) is 4.23. The minimum atomic E-state index is 0.206. The first-order valence-electron chi connectivity index (χ1n) is 8.62. The van der Waals surface area contributed by atoms with Crippen LogP contribution in [0, 0.1) is 0 Å². The summed E-state index contributed by atoms with van der Waals surface area (Å²) in [6.45, 7) is 5.89. The van der Waals surface area contributed by atoms with Gasteiger partial charge < -0.3 is 9.64 Å². The smallest absolute Gasteiger partial charge is 0.128 e. The lowest BCUT2D eigenvalue weighted by atomic mass is 10.1. The number of aromatic nitrogens is 2. The van der Waals surface area contributed by atoms with Crippen molar-refractivity contribution in [3.8, 4) is 11.1 Å². The number of morpholine rings is 1. The van der Waals surface area contributed by atoms with E-state index in [-0.39, 0.29) is 12.2 Å². The van der Waals surface area contributed by atoms with E-state index in [1.165, 1.54) is 0 Å². The second kappa shape index (κ2) is 7.14. The van der Waals surface area contributed by atoms with Crippen LogP contribution in [0.1, 0.15) is 13.8 Å². The molecule has 4 rings (SSSR count). The maximum Gasteiger partial charge on any atom is 0.128 e. The molecule has 0 amide bonds. The van der Waals surface area contributed by atoms with Gasteiger partial charge in [0.25, 0.3) is 0 Å². The lowest BCUT2D eigenvalue weighted by Gasteiger charge is -2.36. The molecule has 0 aliphatic carbocycles. The zero-order chi connectivity index (χ0) is 18.3. The molecule has 0 radical (unpaired) electrons. The van der Waals surface area contributed by atoms with E-state index in [0.29, 0.717) is 5.02 Å². The highest BCUT2D eigenvalue weighted by molar-refractivity contribution is 9.10. The van der Waals surface area contributed by atoms with Crippen LogP contribution >= 0.6 is 27.5 Å². The Bertz CT molecular complexity index is 938. The van der Waals surface area contributed by atoms with Gasteiger partial charge in [-0.3, -0.25) is 4.98 Å². The largest absolute Gasteiger partial charge is 0.372 e. The number of benzene rings is 1. The summed E-state index contributed by atoms with van der Waals surface area (Å²) < 4.78 is 6.74. The van der Waals surface area contributed by atoms with Gasteiger partial charge in [-0.1, -0.05) is 23.7 Å². The summed E-state index contributed by atoms with van der Waals surface area (Å²) in [7, 11) is 0. The van der Waals surface area contributed by atoms with E-state index < -0.39 is 0 Å². The van der Waals surface area contributed by atoms with Crippen LogP contribution in [0.3, 0.4) is 0 Å². The molecule has 0 bridgehead atoms. The third-order valence-electron chi connectivity index (χ3n) is 4.58. The lowest BCUT2D eigenvalue weighted by molar-refractivity contribution is -0.00545. The molecular formula is C20H19BrClN3O. The molecule has 134 valence electrons. The quantitative estimate of drug-likeness (QED) is 0.549. The zero-order valence-electron chi connectivity index (χ0n) is 14.6. The van der Waals surface area contributed by atoms with E-state index in [9.17, 15) is 0 Å².